The summed E-state index contributed by atoms with van der Waals surface area (Å²) in [6.45, 7) is 3.18. The van der Waals surface area contributed by atoms with Crippen LogP contribution >= 0.6 is 7.14 Å². The van der Waals surface area contributed by atoms with Gasteiger partial charge in [0.15, 0.2) is 0 Å². The van der Waals surface area contributed by atoms with Gasteiger partial charge in [0.25, 0.3) is 5.91 Å². The molecule has 13 heteroatoms. The van der Waals surface area contributed by atoms with E-state index < -0.39 is 31.0 Å². The van der Waals surface area contributed by atoms with Crippen LogP contribution in [0.5, 0.6) is 0 Å². The van der Waals surface area contributed by atoms with Gasteiger partial charge < -0.3 is 25.5 Å². The summed E-state index contributed by atoms with van der Waals surface area (Å²) in [5, 5.41) is 9.60. The highest BCUT2D eigenvalue weighted by atomic mass is 31.2. The lowest BCUT2D eigenvalue weighted by atomic mass is 10.0. The van der Waals surface area contributed by atoms with Crippen molar-refractivity contribution in [1.29, 1.82) is 0 Å². The SMILES string of the molecule is CP(C)(=O)c1c2ccc3c(c[nH]c13)-c1nc(ncc1C(F)(F)F)N[C@H]1CC[C@@H](C1)NCC(F)CCNC2=O. The summed E-state index contributed by atoms with van der Waals surface area (Å²) in [6, 6.07) is 2.92. The summed E-state index contributed by atoms with van der Waals surface area (Å²) in [5.74, 6) is -0.467. The van der Waals surface area contributed by atoms with E-state index in [0.717, 1.165) is 19.0 Å². The van der Waals surface area contributed by atoms with Gasteiger partial charge in [0, 0.05) is 53.8 Å². The van der Waals surface area contributed by atoms with Crippen molar-refractivity contribution in [2.75, 3.05) is 31.7 Å². The molecule has 38 heavy (non-hydrogen) atoms. The molecule has 2 aliphatic heterocycles. The van der Waals surface area contributed by atoms with E-state index in [4.69, 9.17) is 0 Å². The lowest BCUT2D eigenvalue weighted by Gasteiger charge is -2.17. The minimum atomic E-state index is -4.72. The maximum atomic E-state index is 14.5. The summed E-state index contributed by atoms with van der Waals surface area (Å²) in [4.78, 5) is 24.2. The zero-order valence-electron chi connectivity index (χ0n) is 21.0. The number of H-pyrrole nitrogens is 1. The number of halogens is 4. The summed E-state index contributed by atoms with van der Waals surface area (Å²) < 4.78 is 69.9. The molecule has 0 radical (unpaired) electrons. The standard InChI is InChI=1S/C25H29F4N6O2P/c1-38(2,37)22-17-6-5-16-18(11-32-21(16)22)20-19(25(27,28)29)12-33-24(35-20)34-15-4-3-14(9-15)31-10-13(26)7-8-30-23(17)36/h5-6,11-15,31-32H,3-4,7-10H2,1-2H3,(H,30,36)(H,33,34,35)/t13?,14-,15-/m0/s1. The van der Waals surface area contributed by atoms with Crippen molar-refractivity contribution < 1.29 is 26.9 Å². The molecule has 3 aromatic rings. The van der Waals surface area contributed by atoms with E-state index in [1.807, 2.05) is 0 Å². The summed E-state index contributed by atoms with van der Waals surface area (Å²) in [6.07, 6.45) is -1.50. The molecule has 1 aliphatic carbocycles. The van der Waals surface area contributed by atoms with Crippen LogP contribution in [0, 0.1) is 0 Å². The predicted octanol–water partition coefficient (Wildman–Crippen LogP) is 4.29. The molecule has 0 saturated heterocycles. The van der Waals surface area contributed by atoms with Gasteiger partial charge in [0.05, 0.1) is 16.8 Å². The Morgan fingerprint density at radius 2 is 1.84 bits per heavy atom. The zero-order chi connectivity index (χ0) is 27.2. The number of carbonyl (C=O) groups is 1. The molecule has 4 N–H and O–H groups in total. The Bertz CT molecular complexity index is 1420. The first-order valence-electron chi connectivity index (χ1n) is 12.5. The van der Waals surface area contributed by atoms with Crippen molar-refractivity contribution in [3.05, 3.63) is 35.7 Å². The van der Waals surface area contributed by atoms with Gasteiger partial charge in [0.2, 0.25) is 5.95 Å². The number of benzene rings is 1. The number of fused-ring (bicyclic) bond motifs is 7. The number of hydrogen-bond donors (Lipinski definition) is 4. The normalized spacial score (nSPS) is 23.1. The first kappa shape index (κ1) is 26.6. The van der Waals surface area contributed by atoms with Gasteiger partial charge in [-0.25, -0.2) is 14.4 Å². The molecule has 4 heterocycles. The van der Waals surface area contributed by atoms with Crippen LogP contribution in [0.4, 0.5) is 23.5 Å². The van der Waals surface area contributed by atoms with Crippen LogP contribution < -0.4 is 21.3 Å². The molecule has 3 aliphatic rings. The molecule has 1 fully saturated rings. The van der Waals surface area contributed by atoms with Crippen LogP contribution in [0.1, 0.15) is 41.6 Å². The highest BCUT2D eigenvalue weighted by Crippen LogP contribution is 2.43. The smallest absolute Gasteiger partial charge is 0.360 e. The van der Waals surface area contributed by atoms with E-state index >= 15 is 0 Å². The van der Waals surface area contributed by atoms with E-state index in [0.29, 0.717) is 17.3 Å². The molecule has 6 rings (SSSR count). The second-order valence-electron chi connectivity index (χ2n) is 10.3. The molecular weight excluding hydrogens is 523 g/mol. The topological polar surface area (TPSA) is 112 Å². The quantitative estimate of drug-likeness (QED) is 0.265. The summed E-state index contributed by atoms with van der Waals surface area (Å²) in [5.41, 5.74) is -0.745. The van der Waals surface area contributed by atoms with Crippen LogP contribution in [0.2, 0.25) is 0 Å². The molecule has 1 aromatic carbocycles. The van der Waals surface area contributed by atoms with Crippen molar-refractivity contribution in [3.8, 4) is 11.3 Å². The van der Waals surface area contributed by atoms with E-state index in [2.05, 4.69) is 30.9 Å². The number of amides is 1. The fraction of sp³-hybridized carbons (Fsp3) is 0.480. The molecule has 204 valence electrons. The van der Waals surface area contributed by atoms with Crippen molar-refractivity contribution in [1.82, 2.24) is 25.6 Å². The molecule has 1 unspecified atom stereocenters. The van der Waals surface area contributed by atoms with Crippen molar-refractivity contribution in [3.63, 3.8) is 0 Å². The van der Waals surface area contributed by atoms with Gasteiger partial charge >= 0.3 is 6.18 Å². The number of aromatic amines is 1. The van der Waals surface area contributed by atoms with E-state index in [1.165, 1.54) is 31.7 Å². The van der Waals surface area contributed by atoms with Crippen LogP contribution in [0.25, 0.3) is 22.2 Å². The van der Waals surface area contributed by atoms with Gasteiger partial charge in [-0.05, 0) is 45.1 Å². The van der Waals surface area contributed by atoms with Crippen LogP contribution in [0.3, 0.4) is 0 Å². The molecule has 8 nitrogen and oxygen atoms in total. The average Bonchev–Trinajstić information content (AvgIpc) is 3.46. The molecule has 1 amide bonds. The summed E-state index contributed by atoms with van der Waals surface area (Å²) >= 11 is 0. The Kier molecular flexibility index (Phi) is 6.98. The van der Waals surface area contributed by atoms with Gasteiger partial charge in [-0.15, -0.1) is 0 Å². The minimum absolute atomic E-state index is 0.0433. The number of carbonyl (C=O) groups excluding carboxylic acids is 1. The van der Waals surface area contributed by atoms with Crippen LogP contribution in [-0.2, 0) is 10.7 Å². The predicted molar refractivity (Wildman–Crippen MR) is 138 cm³/mol. The highest BCUT2D eigenvalue weighted by molar-refractivity contribution is 7.70. The number of nitrogens with zero attached hydrogens (tertiary/aromatic N) is 2. The molecule has 8 bridgehead atoms. The zero-order valence-corrected chi connectivity index (χ0v) is 21.8. The molecule has 0 spiro atoms. The number of nitrogens with one attached hydrogen (secondary N) is 4. The van der Waals surface area contributed by atoms with Crippen LogP contribution in [-0.4, -0.2) is 65.5 Å². The highest BCUT2D eigenvalue weighted by Gasteiger charge is 2.37. The maximum Gasteiger partial charge on any atom is 0.419 e. The number of rotatable bonds is 1. The third-order valence-electron chi connectivity index (χ3n) is 7.10. The molecule has 1 saturated carbocycles. The van der Waals surface area contributed by atoms with Crippen molar-refractivity contribution in [2.45, 2.75) is 50.1 Å². The van der Waals surface area contributed by atoms with Gasteiger partial charge in [-0.3, -0.25) is 4.79 Å². The third kappa shape index (κ3) is 5.29. The minimum Gasteiger partial charge on any atom is -0.360 e. The average molecular weight is 553 g/mol. The number of alkyl halides is 4. The second kappa shape index (κ2) is 9.96. The van der Waals surface area contributed by atoms with Gasteiger partial charge in [0.1, 0.15) is 18.9 Å². The Hall–Kier alpha value is -2.98. The fourth-order valence-corrected chi connectivity index (χ4v) is 6.78. The van der Waals surface area contributed by atoms with Crippen LogP contribution in [0.15, 0.2) is 24.5 Å². The number of aromatic nitrogens is 3. The first-order chi connectivity index (χ1) is 17.9. The maximum absolute atomic E-state index is 14.5. The van der Waals surface area contributed by atoms with E-state index in [9.17, 15) is 26.9 Å². The largest absolute Gasteiger partial charge is 0.419 e. The van der Waals surface area contributed by atoms with Gasteiger partial charge in [-0.2, -0.15) is 13.2 Å². The molecule has 2 aromatic heterocycles. The van der Waals surface area contributed by atoms with E-state index in [1.54, 1.807) is 0 Å². The van der Waals surface area contributed by atoms with E-state index in [-0.39, 0.29) is 59.7 Å². The lowest BCUT2D eigenvalue weighted by molar-refractivity contribution is -0.137. The van der Waals surface area contributed by atoms with Crippen molar-refractivity contribution >= 4 is 35.2 Å². The monoisotopic (exact) mass is 552 g/mol. The summed E-state index contributed by atoms with van der Waals surface area (Å²) in [7, 11) is -3.10. The third-order valence-corrected chi connectivity index (χ3v) is 8.64. The molecular formula is C25H29F4N6O2P. The second-order valence-corrected chi connectivity index (χ2v) is 13.4. The van der Waals surface area contributed by atoms with Gasteiger partial charge in [-0.1, -0.05) is 6.07 Å². The Morgan fingerprint density at radius 1 is 1.08 bits per heavy atom. The number of anilines is 1. The number of hydrogen-bond acceptors (Lipinski definition) is 6. The Labute approximate surface area is 216 Å². The molecule has 3 atom stereocenters. The first-order valence-corrected chi connectivity index (χ1v) is 15.1. The van der Waals surface area contributed by atoms with Crippen molar-refractivity contribution in [2.24, 2.45) is 0 Å². The Balaban J connectivity index is 1.68. The lowest BCUT2D eigenvalue weighted by Crippen LogP contribution is -2.36. The fourth-order valence-electron chi connectivity index (χ4n) is 5.30. The Morgan fingerprint density at radius 3 is 2.58 bits per heavy atom.